The summed E-state index contributed by atoms with van der Waals surface area (Å²) in [4.78, 5) is 17.4. The summed E-state index contributed by atoms with van der Waals surface area (Å²) in [5.41, 5.74) is 4.21. The molecule has 1 aliphatic carbocycles. The van der Waals surface area contributed by atoms with E-state index in [-0.39, 0.29) is 18.1 Å². The molecule has 0 saturated heterocycles. The molecule has 26 heavy (non-hydrogen) atoms. The van der Waals surface area contributed by atoms with Gasteiger partial charge < -0.3 is 4.74 Å². The molecule has 0 radical (unpaired) electrons. The molecule has 4 heteroatoms. The van der Waals surface area contributed by atoms with E-state index in [0.717, 1.165) is 24.8 Å². The molecule has 1 N–H and O–H groups in total. The Balaban J connectivity index is 1.84. The molecular weight excluding hydrogens is 324 g/mol. The first kappa shape index (κ1) is 18.2. The van der Waals surface area contributed by atoms with Crippen LogP contribution in [-0.4, -0.2) is 18.0 Å². The first-order chi connectivity index (χ1) is 12.5. The molecule has 0 heterocycles. The fraction of sp³-hybridized carbons (Fsp3) is 0.364. The SMILES string of the molecule is Cc1cccc(C(=O)NC(=N[C@@H]2CCCc3ccccc32)OC(C)C)c1. The Labute approximate surface area is 155 Å². The van der Waals surface area contributed by atoms with Crippen LogP contribution >= 0.6 is 0 Å². The van der Waals surface area contributed by atoms with E-state index in [1.807, 2.05) is 45.0 Å². The molecular formula is C22H26N2O2. The first-order valence-electron chi connectivity index (χ1n) is 9.23. The minimum atomic E-state index is -0.197. The van der Waals surface area contributed by atoms with Crippen LogP contribution in [0, 0.1) is 6.92 Å². The molecule has 136 valence electrons. The molecule has 0 bridgehead atoms. The van der Waals surface area contributed by atoms with Crippen molar-refractivity contribution < 1.29 is 9.53 Å². The Morgan fingerprint density at radius 1 is 1.19 bits per heavy atom. The highest BCUT2D eigenvalue weighted by Gasteiger charge is 2.21. The maximum Gasteiger partial charge on any atom is 0.292 e. The lowest BCUT2D eigenvalue weighted by Gasteiger charge is -2.23. The van der Waals surface area contributed by atoms with Crippen molar-refractivity contribution in [3.05, 3.63) is 70.8 Å². The number of benzene rings is 2. The fourth-order valence-corrected chi connectivity index (χ4v) is 3.27. The zero-order chi connectivity index (χ0) is 18.5. The van der Waals surface area contributed by atoms with Gasteiger partial charge in [0.05, 0.1) is 12.1 Å². The number of carbonyl (C=O) groups is 1. The third-order valence-electron chi connectivity index (χ3n) is 4.46. The van der Waals surface area contributed by atoms with Gasteiger partial charge in [0.1, 0.15) is 0 Å². The summed E-state index contributed by atoms with van der Waals surface area (Å²) < 4.78 is 5.81. The quantitative estimate of drug-likeness (QED) is 0.650. The van der Waals surface area contributed by atoms with E-state index in [2.05, 4.69) is 23.5 Å². The smallest absolute Gasteiger partial charge is 0.292 e. The summed E-state index contributed by atoms with van der Waals surface area (Å²) in [5, 5.41) is 2.86. The zero-order valence-corrected chi connectivity index (χ0v) is 15.7. The topological polar surface area (TPSA) is 50.7 Å². The van der Waals surface area contributed by atoms with Crippen LogP contribution in [0.4, 0.5) is 0 Å². The molecule has 2 aromatic rings. The number of aliphatic imine (C=N–C) groups is 1. The normalized spacial score (nSPS) is 16.9. The molecule has 3 rings (SSSR count). The highest BCUT2D eigenvalue weighted by molar-refractivity contribution is 6.04. The van der Waals surface area contributed by atoms with E-state index in [1.54, 1.807) is 6.07 Å². The average molecular weight is 350 g/mol. The summed E-state index contributed by atoms with van der Waals surface area (Å²) in [6.45, 7) is 5.83. The number of hydrogen-bond donors (Lipinski definition) is 1. The fourth-order valence-electron chi connectivity index (χ4n) is 3.27. The van der Waals surface area contributed by atoms with Crippen molar-refractivity contribution in [2.24, 2.45) is 4.99 Å². The van der Waals surface area contributed by atoms with Gasteiger partial charge in [-0.05, 0) is 63.3 Å². The Morgan fingerprint density at radius 2 is 2.00 bits per heavy atom. The Hall–Kier alpha value is -2.62. The third-order valence-corrected chi connectivity index (χ3v) is 4.46. The lowest BCUT2D eigenvalue weighted by molar-refractivity contribution is 0.0959. The predicted molar refractivity (Wildman–Crippen MR) is 104 cm³/mol. The van der Waals surface area contributed by atoms with Gasteiger partial charge in [-0.15, -0.1) is 0 Å². The molecule has 0 aromatic heterocycles. The Kier molecular flexibility index (Phi) is 5.71. The highest BCUT2D eigenvalue weighted by atomic mass is 16.5. The van der Waals surface area contributed by atoms with Gasteiger partial charge in [0.15, 0.2) is 0 Å². The maximum atomic E-state index is 12.6. The lowest BCUT2D eigenvalue weighted by Crippen LogP contribution is -2.35. The van der Waals surface area contributed by atoms with Crippen LogP contribution in [0.25, 0.3) is 0 Å². The maximum absolute atomic E-state index is 12.6. The number of nitrogens with zero attached hydrogens (tertiary/aromatic N) is 1. The molecule has 2 aromatic carbocycles. The van der Waals surface area contributed by atoms with Gasteiger partial charge in [0, 0.05) is 5.56 Å². The van der Waals surface area contributed by atoms with E-state index in [1.165, 1.54) is 11.1 Å². The molecule has 1 atom stereocenters. The van der Waals surface area contributed by atoms with Crippen LogP contribution in [0.3, 0.4) is 0 Å². The predicted octanol–water partition coefficient (Wildman–Crippen LogP) is 4.58. The first-order valence-corrected chi connectivity index (χ1v) is 9.23. The monoisotopic (exact) mass is 350 g/mol. The summed E-state index contributed by atoms with van der Waals surface area (Å²) >= 11 is 0. The van der Waals surface area contributed by atoms with Gasteiger partial charge >= 0.3 is 0 Å². The molecule has 4 nitrogen and oxygen atoms in total. The zero-order valence-electron chi connectivity index (χ0n) is 15.7. The number of amides is 1. The van der Waals surface area contributed by atoms with E-state index < -0.39 is 0 Å². The average Bonchev–Trinajstić information content (AvgIpc) is 2.61. The standard InChI is InChI=1S/C22H26N2O2/c1-15(2)26-22(24-21(25)18-11-6-8-16(3)14-18)23-20-13-7-10-17-9-4-5-12-19(17)20/h4-6,8-9,11-12,14-15,20H,7,10,13H2,1-3H3,(H,23,24,25)/t20-/m1/s1. The minimum Gasteiger partial charge on any atom is -0.462 e. The van der Waals surface area contributed by atoms with Gasteiger partial charge in [-0.2, -0.15) is 0 Å². The number of amidine groups is 1. The third kappa shape index (κ3) is 4.51. The minimum absolute atomic E-state index is 0.0199. The van der Waals surface area contributed by atoms with Crippen LogP contribution in [0.2, 0.25) is 0 Å². The Morgan fingerprint density at radius 3 is 2.77 bits per heavy atom. The number of hydrogen-bond acceptors (Lipinski definition) is 3. The number of fused-ring (bicyclic) bond motifs is 1. The van der Waals surface area contributed by atoms with Gasteiger partial charge in [-0.3, -0.25) is 10.1 Å². The molecule has 0 aliphatic heterocycles. The number of ether oxygens (including phenoxy) is 1. The van der Waals surface area contributed by atoms with Crippen molar-refractivity contribution >= 4 is 11.9 Å². The molecule has 0 unspecified atom stereocenters. The largest absolute Gasteiger partial charge is 0.462 e. The van der Waals surface area contributed by atoms with Gasteiger partial charge in [0.2, 0.25) is 0 Å². The number of aryl methyl sites for hydroxylation is 2. The van der Waals surface area contributed by atoms with Gasteiger partial charge in [-0.25, -0.2) is 4.99 Å². The van der Waals surface area contributed by atoms with Crippen LogP contribution in [0.5, 0.6) is 0 Å². The van der Waals surface area contributed by atoms with Crippen molar-refractivity contribution in [3.8, 4) is 0 Å². The second kappa shape index (κ2) is 8.17. The van der Waals surface area contributed by atoms with Crippen LogP contribution < -0.4 is 5.32 Å². The second-order valence-corrected chi connectivity index (χ2v) is 7.03. The van der Waals surface area contributed by atoms with Gasteiger partial charge in [0.25, 0.3) is 11.9 Å². The van der Waals surface area contributed by atoms with Crippen molar-refractivity contribution in [1.82, 2.24) is 5.32 Å². The number of nitrogens with one attached hydrogen (secondary N) is 1. The summed E-state index contributed by atoms with van der Waals surface area (Å²) in [6.07, 6.45) is 3.07. The molecule has 0 fully saturated rings. The summed E-state index contributed by atoms with van der Waals surface area (Å²) in [5.74, 6) is -0.197. The van der Waals surface area contributed by atoms with Gasteiger partial charge in [-0.1, -0.05) is 42.0 Å². The van der Waals surface area contributed by atoms with Crippen LogP contribution in [-0.2, 0) is 11.2 Å². The summed E-state index contributed by atoms with van der Waals surface area (Å²) in [7, 11) is 0. The molecule has 0 saturated carbocycles. The van der Waals surface area contributed by atoms with Crippen LogP contribution in [0.1, 0.15) is 59.8 Å². The second-order valence-electron chi connectivity index (χ2n) is 7.03. The van der Waals surface area contributed by atoms with E-state index in [9.17, 15) is 4.79 Å². The van der Waals surface area contributed by atoms with Crippen molar-refractivity contribution in [1.29, 1.82) is 0 Å². The van der Waals surface area contributed by atoms with E-state index in [4.69, 9.17) is 9.73 Å². The van der Waals surface area contributed by atoms with Crippen molar-refractivity contribution in [2.75, 3.05) is 0 Å². The Bertz CT molecular complexity index is 811. The molecule has 0 spiro atoms. The summed E-state index contributed by atoms with van der Waals surface area (Å²) in [6, 6.07) is 16.2. The number of rotatable bonds is 3. The van der Waals surface area contributed by atoms with Crippen molar-refractivity contribution in [2.45, 2.75) is 52.2 Å². The lowest BCUT2D eigenvalue weighted by atomic mass is 9.88. The molecule has 1 aliphatic rings. The van der Waals surface area contributed by atoms with E-state index in [0.29, 0.717) is 11.6 Å². The number of carbonyl (C=O) groups excluding carboxylic acids is 1. The highest BCUT2D eigenvalue weighted by Crippen LogP contribution is 2.32. The van der Waals surface area contributed by atoms with Crippen LogP contribution in [0.15, 0.2) is 53.5 Å². The van der Waals surface area contributed by atoms with Crippen molar-refractivity contribution in [3.63, 3.8) is 0 Å². The molecule has 1 amide bonds. The van der Waals surface area contributed by atoms with E-state index >= 15 is 0 Å².